The largest absolute Gasteiger partial charge is 0.359 e. The number of nitrogens with zero attached hydrogens (tertiary/aromatic N) is 8. The van der Waals surface area contributed by atoms with Gasteiger partial charge in [0, 0.05) is 48.7 Å². The molecule has 6 aromatic rings. The van der Waals surface area contributed by atoms with Crippen molar-refractivity contribution < 1.29 is 17.6 Å². The summed E-state index contributed by atoms with van der Waals surface area (Å²) in [6.07, 6.45) is 5.60. The molecule has 0 amide bonds. The molecule has 0 unspecified atom stereocenters. The van der Waals surface area contributed by atoms with E-state index in [2.05, 4.69) is 51.0 Å². The van der Waals surface area contributed by atoms with Gasteiger partial charge in [0.2, 0.25) is 10.3 Å². The van der Waals surface area contributed by atoms with Crippen LogP contribution in [0.3, 0.4) is 0 Å². The first-order chi connectivity index (χ1) is 24.3. The molecule has 2 saturated carbocycles. The Balaban J connectivity index is 0.000000157. The summed E-state index contributed by atoms with van der Waals surface area (Å²) in [5.74, 6) is -0.801. The maximum Gasteiger partial charge on any atom is 0.206 e. The molecule has 2 fully saturated rings. The van der Waals surface area contributed by atoms with Crippen molar-refractivity contribution in [3.05, 3.63) is 108 Å². The van der Waals surface area contributed by atoms with Crippen molar-refractivity contribution in [2.24, 2.45) is 0 Å². The molecule has 0 radical (unpaired) electrons. The zero-order valence-electron chi connectivity index (χ0n) is 26.4. The SMILES string of the molecule is Fc1cccnc1C1(CNc2nnc(-c3ccccn3)s2)CC(F)C1.Fc1cccnc1C1(CNc2nnc(-c3ccccn3)s2)CC(F)C1. The lowest BCUT2D eigenvalue weighted by molar-refractivity contribution is 0.0962. The van der Waals surface area contributed by atoms with Crippen LogP contribution in [0.4, 0.5) is 27.8 Å². The van der Waals surface area contributed by atoms with Crippen molar-refractivity contribution in [1.29, 1.82) is 0 Å². The highest BCUT2D eigenvalue weighted by Gasteiger charge is 2.49. The number of alkyl halides is 2. The zero-order chi connectivity index (χ0) is 34.6. The molecule has 2 aliphatic carbocycles. The van der Waals surface area contributed by atoms with Gasteiger partial charge in [-0.3, -0.25) is 19.9 Å². The Bertz CT molecular complexity index is 1870. The maximum atomic E-state index is 14.1. The predicted molar refractivity (Wildman–Crippen MR) is 183 cm³/mol. The van der Waals surface area contributed by atoms with Crippen LogP contribution in [0.5, 0.6) is 0 Å². The first-order valence-corrected chi connectivity index (χ1v) is 17.4. The van der Waals surface area contributed by atoms with Gasteiger partial charge in [-0.25, -0.2) is 17.6 Å². The highest BCUT2D eigenvalue weighted by molar-refractivity contribution is 7.18. The summed E-state index contributed by atoms with van der Waals surface area (Å²) in [6.45, 7) is 0.719. The van der Waals surface area contributed by atoms with Gasteiger partial charge in [-0.05, 0) is 74.2 Å². The van der Waals surface area contributed by atoms with Crippen LogP contribution in [0, 0.1) is 11.6 Å². The van der Waals surface area contributed by atoms with Crippen LogP contribution in [0.15, 0.2) is 85.5 Å². The normalized spacial score (nSPS) is 22.4. The number of aromatic nitrogens is 8. The maximum absolute atomic E-state index is 14.1. The van der Waals surface area contributed by atoms with Crippen molar-refractivity contribution in [2.45, 2.75) is 48.9 Å². The fraction of sp³-hybridized carbons (Fsp3) is 0.294. The summed E-state index contributed by atoms with van der Waals surface area (Å²) in [4.78, 5) is 16.8. The van der Waals surface area contributed by atoms with Gasteiger partial charge in [-0.15, -0.1) is 20.4 Å². The summed E-state index contributed by atoms with van der Waals surface area (Å²) < 4.78 is 55.4. The average Bonchev–Trinajstić information content (AvgIpc) is 3.80. The Labute approximate surface area is 292 Å². The first-order valence-electron chi connectivity index (χ1n) is 15.8. The van der Waals surface area contributed by atoms with Gasteiger partial charge in [-0.2, -0.15) is 0 Å². The summed E-state index contributed by atoms with van der Waals surface area (Å²) in [5.41, 5.74) is 0.803. The smallest absolute Gasteiger partial charge is 0.206 e. The van der Waals surface area contributed by atoms with Gasteiger partial charge in [0.05, 0.1) is 11.4 Å². The second-order valence-corrected chi connectivity index (χ2v) is 14.2. The highest BCUT2D eigenvalue weighted by atomic mass is 32.1. The lowest BCUT2D eigenvalue weighted by Crippen LogP contribution is -2.48. The monoisotopic (exact) mass is 718 g/mol. The van der Waals surface area contributed by atoms with E-state index in [1.165, 1.54) is 59.3 Å². The summed E-state index contributed by atoms with van der Waals surface area (Å²) >= 11 is 2.72. The third kappa shape index (κ3) is 7.16. The molecule has 0 spiro atoms. The third-order valence-corrected chi connectivity index (χ3v) is 10.6. The molecule has 6 aromatic heterocycles. The molecule has 6 heterocycles. The van der Waals surface area contributed by atoms with Crippen molar-refractivity contribution >= 4 is 32.9 Å². The summed E-state index contributed by atoms with van der Waals surface area (Å²) in [7, 11) is 0. The van der Waals surface area contributed by atoms with Gasteiger partial charge < -0.3 is 10.6 Å². The van der Waals surface area contributed by atoms with Gasteiger partial charge in [0.25, 0.3) is 0 Å². The minimum Gasteiger partial charge on any atom is -0.359 e. The fourth-order valence-corrected chi connectivity index (χ4v) is 7.67. The second-order valence-electron chi connectivity index (χ2n) is 12.2. The number of rotatable bonds is 10. The Morgan fingerprint density at radius 3 is 1.34 bits per heavy atom. The Kier molecular flexibility index (Phi) is 9.72. The standard InChI is InChI=1S/2C17H15F2N5S/c2*18-11-8-17(9-11,14-12(19)4-3-7-21-14)10-22-16-24-23-15(25-16)13-5-1-2-6-20-13/h2*1-7,11H,8-10H2,(H,22,24). The van der Waals surface area contributed by atoms with Gasteiger partial charge in [0.1, 0.15) is 35.4 Å². The second kappa shape index (κ2) is 14.5. The van der Waals surface area contributed by atoms with Gasteiger partial charge in [0.15, 0.2) is 10.0 Å². The lowest BCUT2D eigenvalue weighted by atomic mass is 9.65. The van der Waals surface area contributed by atoms with Crippen LogP contribution in [0.25, 0.3) is 21.4 Å². The molecular weight excluding hydrogens is 689 g/mol. The summed E-state index contributed by atoms with van der Waals surface area (Å²) in [5, 5.41) is 25.3. The molecule has 0 saturated heterocycles. The number of pyridine rings is 4. The fourth-order valence-electron chi connectivity index (χ4n) is 6.24. The van der Waals surface area contributed by atoms with E-state index < -0.39 is 34.8 Å². The lowest BCUT2D eigenvalue weighted by Gasteiger charge is -2.43. The molecule has 0 aliphatic heterocycles. The van der Waals surface area contributed by atoms with Crippen LogP contribution >= 0.6 is 22.7 Å². The van der Waals surface area contributed by atoms with Crippen LogP contribution < -0.4 is 10.6 Å². The van der Waals surface area contributed by atoms with Crippen LogP contribution in [0.2, 0.25) is 0 Å². The van der Waals surface area contributed by atoms with Crippen molar-refractivity contribution in [1.82, 2.24) is 40.3 Å². The predicted octanol–water partition coefficient (Wildman–Crippen LogP) is 7.23. The molecule has 2 aliphatic rings. The molecular formula is C34H30F4N10S2. The quantitative estimate of drug-likeness (QED) is 0.140. The molecule has 8 rings (SSSR count). The van der Waals surface area contributed by atoms with E-state index in [1.807, 2.05) is 36.4 Å². The van der Waals surface area contributed by atoms with Gasteiger partial charge >= 0.3 is 0 Å². The Hall–Kier alpha value is -4.96. The average molecular weight is 719 g/mol. The molecule has 256 valence electrons. The molecule has 50 heavy (non-hydrogen) atoms. The first kappa shape index (κ1) is 33.5. The number of anilines is 2. The van der Waals surface area contributed by atoms with E-state index in [9.17, 15) is 17.6 Å². The number of hydrogen-bond donors (Lipinski definition) is 2. The van der Waals surface area contributed by atoms with Crippen molar-refractivity contribution in [3.63, 3.8) is 0 Å². The van der Waals surface area contributed by atoms with E-state index >= 15 is 0 Å². The van der Waals surface area contributed by atoms with E-state index in [0.717, 1.165) is 11.4 Å². The molecule has 0 aromatic carbocycles. The highest BCUT2D eigenvalue weighted by Crippen LogP contribution is 2.47. The Morgan fingerprint density at radius 2 is 0.980 bits per heavy atom. The van der Waals surface area contributed by atoms with E-state index in [-0.39, 0.29) is 25.7 Å². The van der Waals surface area contributed by atoms with Crippen molar-refractivity contribution in [2.75, 3.05) is 23.7 Å². The topological polar surface area (TPSA) is 127 Å². The van der Waals surface area contributed by atoms with Gasteiger partial charge in [-0.1, -0.05) is 34.8 Å². The molecule has 2 N–H and O–H groups in total. The summed E-state index contributed by atoms with van der Waals surface area (Å²) in [6, 6.07) is 16.9. The molecule has 0 atom stereocenters. The molecule has 16 heteroatoms. The number of nitrogens with one attached hydrogen (secondary N) is 2. The number of hydrogen-bond acceptors (Lipinski definition) is 12. The van der Waals surface area contributed by atoms with Crippen LogP contribution in [-0.2, 0) is 10.8 Å². The number of halogens is 4. The van der Waals surface area contributed by atoms with E-state index in [4.69, 9.17) is 0 Å². The minimum absolute atomic E-state index is 0.250. The minimum atomic E-state index is -0.929. The van der Waals surface area contributed by atoms with Crippen LogP contribution in [0.1, 0.15) is 37.1 Å². The zero-order valence-corrected chi connectivity index (χ0v) is 28.0. The molecule has 0 bridgehead atoms. The van der Waals surface area contributed by atoms with Crippen molar-refractivity contribution in [3.8, 4) is 21.4 Å². The van der Waals surface area contributed by atoms with Crippen LogP contribution in [-0.4, -0.2) is 65.8 Å². The van der Waals surface area contributed by atoms with E-state index in [1.54, 1.807) is 12.4 Å². The third-order valence-electron chi connectivity index (χ3n) is 8.74. The van der Waals surface area contributed by atoms with E-state index in [0.29, 0.717) is 44.8 Å². The molecule has 10 nitrogen and oxygen atoms in total. The Morgan fingerprint density at radius 1 is 0.560 bits per heavy atom.